The van der Waals surface area contributed by atoms with E-state index in [1.807, 2.05) is 0 Å². The number of halogens is 1. The number of benzene rings is 3. The van der Waals surface area contributed by atoms with Crippen LogP contribution in [-0.4, -0.2) is 45.1 Å². The van der Waals surface area contributed by atoms with Crippen molar-refractivity contribution in [3.8, 4) is 11.5 Å². The van der Waals surface area contributed by atoms with Crippen molar-refractivity contribution in [1.29, 1.82) is 0 Å². The summed E-state index contributed by atoms with van der Waals surface area (Å²) in [6.07, 6.45) is 0. The highest BCUT2D eigenvalue weighted by Crippen LogP contribution is 2.33. The van der Waals surface area contributed by atoms with Gasteiger partial charge in [-0.05, 0) is 48.5 Å². The molecule has 3 aromatic carbocycles. The minimum Gasteiger partial charge on any atom is -0.465 e. The zero-order chi connectivity index (χ0) is 25.5. The predicted octanol–water partition coefficient (Wildman–Crippen LogP) is 4.74. The molecule has 0 aromatic heterocycles. The Hall–Kier alpha value is -4.37. The predicted molar refractivity (Wildman–Crippen MR) is 126 cm³/mol. The minimum absolute atomic E-state index is 0.0400. The number of methoxy groups -OCH3 is 3. The summed E-state index contributed by atoms with van der Waals surface area (Å²) < 4.78 is 20.1. The van der Waals surface area contributed by atoms with Gasteiger partial charge in [-0.15, -0.1) is 0 Å². The van der Waals surface area contributed by atoms with Crippen LogP contribution < -0.4 is 10.1 Å². The zero-order valence-electron chi connectivity index (χ0n) is 18.9. The highest BCUT2D eigenvalue weighted by atomic mass is 35.5. The molecule has 0 fully saturated rings. The maximum absolute atomic E-state index is 12.9. The molecule has 0 heterocycles. The smallest absolute Gasteiger partial charge is 0.338 e. The van der Waals surface area contributed by atoms with Gasteiger partial charge in [0.2, 0.25) is 0 Å². The number of anilines is 1. The van der Waals surface area contributed by atoms with Crippen molar-refractivity contribution in [2.24, 2.45) is 0 Å². The molecule has 0 aliphatic heterocycles. The monoisotopic (exact) mass is 497 g/mol. The molecule has 0 aliphatic rings. The Bertz CT molecular complexity index is 1270. The first kappa shape index (κ1) is 25.3. The summed E-state index contributed by atoms with van der Waals surface area (Å²) in [5.41, 5.74) is 0.537. The van der Waals surface area contributed by atoms with E-state index in [2.05, 4.69) is 5.32 Å². The molecule has 0 aliphatic carbocycles. The highest BCUT2D eigenvalue weighted by molar-refractivity contribution is 6.34. The van der Waals surface area contributed by atoms with Gasteiger partial charge in [0.25, 0.3) is 5.91 Å². The van der Waals surface area contributed by atoms with E-state index in [4.69, 9.17) is 30.5 Å². The number of amides is 1. The molecule has 0 unspecified atom stereocenters. The third-order valence-corrected chi connectivity index (χ3v) is 5.07. The first-order chi connectivity index (χ1) is 16.8. The summed E-state index contributed by atoms with van der Waals surface area (Å²) in [6.45, 7) is 0. The third-order valence-electron chi connectivity index (χ3n) is 4.74. The molecule has 3 rings (SSSR count). The van der Waals surface area contributed by atoms with E-state index in [9.17, 15) is 19.2 Å². The normalized spacial score (nSPS) is 10.2. The van der Waals surface area contributed by atoms with Crippen molar-refractivity contribution in [2.75, 3.05) is 26.6 Å². The molecule has 0 saturated heterocycles. The summed E-state index contributed by atoms with van der Waals surface area (Å²) in [5.74, 6) is -2.41. The molecule has 0 atom stereocenters. The van der Waals surface area contributed by atoms with E-state index < -0.39 is 23.8 Å². The van der Waals surface area contributed by atoms with E-state index in [1.54, 1.807) is 18.2 Å². The fraction of sp³-hybridized carbons (Fsp3) is 0.120. The average molecular weight is 498 g/mol. The van der Waals surface area contributed by atoms with Gasteiger partial charge in [0.05, 0.1) is 54.3 Å². The molecular formula is C25H20ClNO8. The van der Waals surface area contributed by atoms with E-state index in [1.165, 1.54) is 63.8 Å². The summed E-state index contributed by atoms with van der Waals surface area (Å²) in [4.78, 5) is 49.1. The molecule has 1 N–H and O–H groups in total. The quantitative estimate of drug-likeness (QED) is 0.367. The van der Waals surface area contributed by atoms with Crippen LogP contribution in [0.2, 0.25) is 5.02 Å². The Balaban J connectivity index is 2.05. The van der Waals surface area contributed by atoms with Crippen molar-refractivity contribution in [3.63, 3.8) is 0 Å². The molecule has 1 amide bonds. The number of carbonyl (C=O) groups is 4. The Labute approximate surface area is 205 Å². The lowest BCUT2D eigenvalue weighted by molar-refractivity contribution is 0.0587. The van der Waals surface area contributed by atoms with Gasteiger partial charge in [-0.3, -0.25) is 4.79 Å². The molecule has 10 heteroatoms. The molecule has 0 saturated carbocycles. The second kappa shape index (κ2) is 11.2. The van der Waals surface area contributed by atoms with Crippen molar-refractivity contribution >= 4 is 41.1 Å². The number of nitrogens with one attached hydrogen (secondary N) is 1. The van der Waals surface area contributed by atoms with Crippen LogP contribution in [-0.2, 0) is 14.2 Å². The summed E-state index contributed by atoms with van der Waals surface area (Å²) in [6, 6.07) is 14.6. The Kier molecular flexibility index (Phi) is 8.06. The van der Waals surface area contributed by atoms with Gasteiger partial charge < -0.3 is 24.3 Å². The van der Waals surface area contributed by atoms with Gasteiger partial charge in [0.1, 0.15) is 5.75 Å². The highest BCUT2D eigenvalue weighted by Gasteiger charge is 2.19. The standard InChI is InChI=1S/C25H20ClNO8/c1-32-23(29)14-8-9-21(20(13-14)27-22(28)18-6-4-5-7-19(18)26)35-17-11-15(24(30)33-2)10-16(12-17)25(31)34-3/h4-13H,1-3H3,(H,27,28). The zero-order valence-corrected chi connectivity index (χ0v) is 19.7. The van der Waals surface area contributed by atoms with Gasteiger partial charge in [-0.25, -0.2) is 14.4 Å². The molecular weight excluding hydrogens is 478 g/mol. The lowest BCUT2D eigenvalue weighted by atomic mass is 10.1. The average Bonchev–Trinajstić information content (AvgIpc) is 2.88. The van der Waals surface area contributed by atoms with Crippen molar-refractivity contribution in [3.05, 3.63) is 87.9 Å². The van der Waals surface area contributed by atoms with Crippen LogP contribution >= 0.6 is 11.6 Å². The number of hydrogen-bond donors (Lipinski definition) is 1. The molecule has 35 heavy (non-hydrogen) atoms. The second-order valence-electron chi connectivity index (χ2n) is 6.97. The molecule has 3 aromatic rings. The van der Waals surface area contributed by atoms with Crippen LogP contribution in [0.5, 0.6) is 11.5 Å². The summed E-state index contributed by atoms with van der Waals surface area (Å²) >= 11 is 6.13. The Morgan fingerprint density at radius 2 is 1.29 bits per heavy atom. The Morgan fingerprint density at radius 3 is 1.86 bits per heavy atom. The van der Waals surface area contributed by atoms with Gasteiger partial charge in [-0.1, -0.05) is 23.7 Å². The molecule has 9 nitrogen and oxygen atoms in total. The summed E-state index contributed by atoms with van der Waals surface area (Å²) in [7, 11) is 3.62. The number of rotatable bonds is 7. The topological polar surface area (TPSA) is 117 Å². The van der Waals surface area contributed by atoms with E-state index in [-0.39, 0.29) is 44.5 Å². The van der Waals surface area contributed by atoms with Crippen LogP contribution in [0.3, 0.4) is 0 Å². The first-order valence-electron chi connectivity index (χ1n) is 10.0. The lowest BCUT2D eigenvalue weighted by Crippen LogP contribution is -2.14. The fourth-order valence-corrected chi connectivity index (χ4v) is 3.27. The van der Waals surface area contributed by atoms with Crippen molar-refractivity contribution in [2.45, 2.75) is 0 Å². The fourth-order valence-electron chi connectivity index (χ4n) is 3.05. The largest absolute Gasteiger partial charge is 0.465 e. The van der Waals surface area contributed by atoms with E-state index in [0.29, 0.717) is 0 Å². The van der Waals surface area contributed by atoms with Crippen LogP contribution in [0.4, 0.5) is 5.69 Å². The SMILES string of the molecule is COC(=O)c1cc(Oc2ccc(C(=O)OC)cc2NC(=O)c2ccccc2Cl)cc(C(=O)OC)c1. The molecule has 0 spiro atoms. The van der Waals surface area contributed by atoms with Crippen LogP contribution in [0, 0.1) is 0 Å². The maximum atomic E-state index is 12.9. The third kappa shape index (κ3) is 5.96. The molecule has 0 radical (unpaired) electrons. The number of hydrogen-bond acceptors (Lipinski definition) is 8. The van der Waals surface area contributed by atoms with E-state index in [0.717, 1.165) is 0 Å². The number of carbonyl (C=O) groups excluding carboxylic acids is 4. The number of ether oxygens (including phenoxy) is 4. The van der Waals surface area contributed by atoms with Gasteiger partial charge in [-0.2, -0.15) is 0 Å². The van der Waals surface area contributed by atoms with Crippen molar-refractivity contribution < 1.29 is 38.1 Å². The maximum Gasteiger partial charge on any atom is 0.338 e. The van der Waals surface area contributed by atoms with E-state index >= 15 is 0 Å². The lowest BCUT2D eigenvalue weighted by Gasteiger charge is -2.15. The van der Waals surface area contributed by atoms with Crippen LogP contribution in [0.15, 0.2) is 60.7 Å². The van der Waals surface area contributed by atoms with Crippen LogP contribution in [0.1, 0.15) is 41.4 Å². The molecule has 180 valence electrons. The van der Waals surface area contributed by atoms with Gasteiger partial charge in [0, 0.05) is 0 Å². The first-order valence-corrected chi connectivity index (χ1v) is 10.4. The minimum atomic E-state index is -0.700. The summed E-state index contributed by atoms with van der Waals surface area (Å²) in [5, 5.41) is 2.89. The number of esters is 3. The van der Waals surface area contributed by atoms with Crippen molar-refractivity contribution in [1.82, 2.24) is 0 Å². The Morgan fingerprint density at radius 1 is 0.714 bits per heavy atom. The van der Waals surface area contributed by atoms with Gasteiger partial charge in [0.15, 0.2) is 5.75 Å². The molecule has 0 bridgehead atoms. The van der Waals surface area contributed by atoms with Gasteiger partial charge >= 0.3 is 17.9 Å². The van der Waals surface area contributed by atoms with Crippen LogP contribution in [0.25, 0.3) is 0 Å². The second-order valence-corrected chi connectivity index (χ2v) is 7.37.